The van der Waals surface area contributed by atoms with Gasteiger partial charge in [0.25, 0.3) is 0 Å². The number of nitrogens with zero attached hydrogens (tertiary/aromatic N) is 2. The molecule has 2 aromatic rings. The number of hydrogen-bond donors (Lipinski definition) is 1. The molecule has 0 radical (unpaired) electrons. The summed E-state index contributed by atoms with van der Waals surface area (Å²) in [6, 6.07) is 15.9. The van der Waals surface area contributed by atoms with Crippen LogP contribution in [0, 0.1) is 0 Å². The summed E-state index contributed by atoms with van der Waals surface area (Å²) in [4.78, 5) is 17.2. The molecule has 6 nitrogen and oxygen atoms in total. The molecule has 1 fully saturated rings. The summed E-state index contributed by atoms with van der Waals surface area (Å²) in [6.07, 6.45) is 0.754. The van der Waals surface area contributed by atoms with Gasteiger partial charge in [0.15, 0.2) is 0 Å². The highest BCUT2D eigenvalue weighted by Crippen LogP contribution is 2.28. The highest BCUT2D eigenvalue weighted by Gasteiger charge is 2.26. The topological polar surface area (TPSA) is 54.0 Å². The maximum atomic E-state index is 12.6. The quantitative estimate of drug-likeness (QED) is 0.742. The molecule has 156 valence electrons. The SMILES string of the molecule is COc1ccccc1CCNC(=O)C(C)N1CCN(c2ccccc2OC)CC1. The lowest BCUT2D eigenvalue weighted by molar-refractivity contribution is -0.126. The van der Waals surface area contributed by atoms with Crippen LogP contribution < -0.4 is 19.7 Å². The molecule has 0 bridgehead atoms. The fraction of sp³-hybridized carbons (Fsp3) is 0.435. The zero-order valence-corrected chi connectivity index (χ0v) is 17.6. The van der Waals surface area contributed by atoms with Crippen molar-refractivity contribution in [3.63, 3.8) is 0 Å². The number of carbonyl (C=O) groups excluding carboxylic acids is 1. The molecule has 0 aliphatic carbocycles. The van der Waals surface area contributed by atoms with Crippen molar-refractivity contribution >= 4 is 11.6 Å². The number of hydrogen-bond acceptors (Lipinski definition) is 5. The van der Waals surface area contributed by atoms with Gasteiger partial charge in [-0.3, -0.25) is 9.69 Å². The van der Waals surface area contributed by atoms with Gasteiger partial charge < -0.3 is 19.7 Å². The number of nitrogens with one attached hydrogen (secondary N) is 1. The van der Waals surface area contributed by atoms with Crippen LogP contribution in [0.5, 0.6) is 11.5 Å². The van der Waals surface area contributed by atoms with E-state index in [1.807, 2.05) is 49.4 Å². The minimum atomic E-state index is -0.146. The van der Waals surface area contributed by atoms with Crippen molar-refractivity contribution in [2.24, 2.45) is 0 Å². The first-order valence-corrected chi connectivity index (χ1v) is 10.2. The minimum absolute atomic E-state index is 0.0747. The molecule has 6 heteroatoms. The van der Waals surface area contributed by atoms with Crippen molar-refractivity contribution in [1.29, 1.82) is 0 Å². The normalized spacial score (nSPS) is 15.6. The van der Waals surface area contributed by atoms with Crippen LogP contribution in [-0.4, -0.2) is 63.8 Å². The summed E-state index contributed by atoms with van der Waals surface area (Å²) in [7, 11) is 3.37. The second-order valence-electron chi connectivity index (χ2n) is 7.22. The zero-order chi connectivity index (χ0) is 20.6. The molecular weight excluding hydrogens is 366 g/mol. The summed E-state index contributed by atoms with van der Waals surface area (Å²) in [5, 5.41) is 3.07. The Balaban J connectivity index is 1.47. The largest absolute Gasteiger partial charge is 0.496 e. The van der Waals surface area contributed by atoms with Crippen molar-refractivity contribution < 1.29 is 14.3 Å². The summed E-state index contributed by atoms with van der Waals surface area (Å²) in [5.41, 5.74) is 2.22. The molecule has 0 saturated carbocycles. The molecule has 29 heavy (non-hydrogen) atoms. The molecule has 1 unspecified atom stereocenters. The molecule has 2 aromatic carbocycles. The van der Waals surface area contributed by atoms with Crippen molar-refractivity contribution in [3.05, 3.63) is 54.1 Å². The summed E-state index contributed by atoms with van der Waals surface area (Å²) < 4.78 is 10.9. The Bertz CT molecular complexity index is 803. The van der Waals surface area contributed by atoms with Crippen molar-refractivity contribution in [1.82, 2.24) is 10.2 Å². The fourth-order valence-electron chi connectivity index (χ4n) is 3.78. The van der Waals surface area contributed by atoms with Gasteiger partial charge in [0.05, 0.1) is 25.9 Å². The molecule has 0 spiro atoms. The van der Waals surface area contributed by atoms with Crippen LogP contribution in [0.4, 0.5) is 5.69 Å². The Hall–Kier alpha value is -2.73. The third-order valence-corrected chi connectivity index (χ3v) is 5.55. The second kappa shape index (κ2) is 10.2. The lowest BCUT2D eigenvalue weighted by Crippen LogP contribution is -2.54. The number of amides is 1. The van der Waals surface area contributed by atoms with Crippen molar-refractivity contribution in [3.8, 4) is 11.5 Å². The third-order valence-electron chi connectivity index (χ3n) is 5.55. The van der Waals surface area contributed by atoms with Gasteiger partial charge in [-0.05, 0) is 37.1 Å². The lowest BCUT2D eigenvalue weighted by Gasteiger charge is -2.38. The Morgan fingerprint density at radius 3 is 2.28 bits per heavy atom. The number of benzene rings is 2. The van der Waals surface area contributed by atoms with E-state index in [9.17, 15) is 4.79 Å². The van der Waals surface area contributed by atoms with E-state index in [0.29, 0.717) is 6.54 Å². The Labute approximate surface area is 173 Å². The molecule has 1 aliphatic heterocycles. The van der Waals surface area contributed by atoms with E-state index in [-0.39, 0.29) is 11.9 Å². The van der Waals surface area contributed by atoms with Gasteiger partial charge >= 0.3 is 0 Å². The van der Waals surface area contributed by atoms with Gasteiger partial charge in [0, 0.05) is 32.7 Å². The molecule has 3 rings (SSSR count). The van der Waals surface area contributed by atoms with Crippen LogP contribution in [0.1, 0.15) is 12.5 Å². The Morgan fingerprint density at radius 2 is 1.59 bits per heavy atom. The lowest BCUT2D eigenvalue weighted by atomic mass is 10.1. The van der Waals surface area contributed by atoms with Crippen molar-refractivity contribution in [2.45, 2.75) is 19.4 Å². The van der Waals surface area contributed by atoms with E-state index in [4.69, 9.17) is 9.47 Å². The van der Waals surface area contributed by atoms with Crippen LogP contribution in [0.25, 0.3) is 0 Å². The van der Waals surface area contributed by atoms with Crippen LogP contribution in [0.15, 0.2) is 48.5 Å². The maximum Gasteiger partial charge on any atom is 0.237 e. The van der Waals surface area contributed by atoms with Gasteiger partial charge in [-0.1, -0.05) is 30.3 Å². The van der Waals surface area contributed by atoms with Crippen LogP contribution in [-0.2, 0) is 11.2 Å². The van der Waals surface area contributed by atoms with E-state index >= 15 is 0 Å². The first-order valence-electron chi connectivity index (χ1n) is 10.2. The maximum absolute atomic E-state index is 12.6. The summed E-state index contributed by atoms with van der Waals surface area (Å²) >= 11 is 0. The molecule has 1 heterocycles. The van der Waals surface area contributed by atoms with Crippen molar-refractivity contribution in [2.75, 3.05) is 51.8 Å². The Kier molecular flexibility index (Phi) is 7.36. The highest BCUT2D eigenvalue weighted by atomic mass is 16.5. The van der Waals surface area contributed by atoms with E-state index in [2.05, 4.69) is 21.2 Å². The fourth-order valence-corrected chi connectivity index (χ4v) is 3.78. The number of carbonyl (C=O) groups is 1. The highest BCUT2D eigenvalue weighted by molar-refractivity contribution is 5.81. The number of piperazine rings is 1. The molecule has 0 aromatic heterocycles. The molecule has 1 amide bonds. The number of rotatable bonds is 8. The van der Waals surface area contributed by atoms with E-state index in [0.717, 1.165) is 55.3 Å². The second-order valence-corrected chi connectivity index (χ2v) is 7.22. The number of anilines is 1. The molecule has 1 N–H and O–H groups in total. The number of methoxy groups -OCH3 is 2. The monoisotopic (exact) mass is 397 g/mol. The summed E-state index contributed by atoms with van der Waals surface area (Å²) in [6.45, 7) is 6.03. The molecule has 1 aliphatic rings. The molecule has 1 atom stereocenters. The first-order chi connectivity index (χ1) is 14.1. The smallest absolute Gasteiger partial charge is 0.237 e. The average molecular weight is 398 g/mol. The first kappa shape index (κ1) is 21.0. The number of para-hydroxylation sites is 3. The van der Waals surface area contributed by atoms with Gasteiger partial charge in [-0.15, -0.1) is 0 Å². The van der Waals surface area contributed by atoms with E-state index < -0.39 is 0 Å². The zero-order valence-electron chi connectivity index (χ0n) is 17.6. The standard InChI is InChI=1S/C23H31N3O3/c1-18(23(27)24-13-12-19-8-4-6-10-21(19)28-2)25-14-16-26(17-15-25)20-9-5-7-11-22(20)29-3/h4-11,18H,12-17H2,1-3H3,(H,24,27). The van der Waals surface area contributed by atoms with Gasteiger partial charge in [-0.2, -0.15) is 0 Å². The molecule has 1 saturated heterocycles. The minimum Gasteiger partial charge on any atom is -0.496 e. The van der Waals surface area contributed by atoms with E-state index in [1.165, 1.54) is 0 Å². The number of ether oxygens (including phenoxy) is 2. The Morgan fingerprint density at radius 1 is 0.966 bits per heavy atom. The van der Waals surface area contributed by atoms with Gasteiger partial charge in [0.1, 0.15) is 11.5 Å². The summed E-state index contributed by atoms with van der Waals surface area (Å²) in [5.74, 6) is 1.83. The van der Waals surface area contributed by atoms with Gasteiger partial charge in [0.2, 0.25) is 5.91 Å². The van der Waals surface area contributed by atoms with Crippen LogP contribution in [0.2, 0.25) is 0 Å². The predicted molar refractivity (Wildman–Crippen MR) is 116 cm³/mol. The predicted octanol–water partition coefficient (Wildman–Crippen LogP) is 2.57. The van der Waals surface area contributed by atoms with Crippen LogP contribution in [0.3, 0.4) is 0 Å². The average Bonchev–Trinajstić information content (AvgIpc) is 2.78. The molecular formula is C23H31N3O3. The third kappa shape index (κ3) is 5.21. The van der Waals surface area contributed by atoms with Crippen LogP contribution >= 0.6 is 0 Å². The van der Waals surface area contributed by atoms with Gasteiger partial charge in [-0.25, -0.2) is 0 Å². The van der Waals surface area contributed by atoms with E-state index in [1.54, 1.807) is 14.2 Å².